The molecule has 9 heteroatoms. The van der Waals surface area contributed by atoms with E-state index in [1.807, 2.05) is 0 Å². The standard InChI is InChI=1S/C21H22ClN3O5/c1-29-18-10-13(2-7-17(18)30-12-19(23)26)11-24-20(27)16-8-9-25(21(16)28)15-5-3-14(22)4-6-15/h2-7,10,16H,8-9,11-12H2,1H3,(H2,23,26)(H,24,27). The van der Waals surface area contributed by atoms with Crippen LogP contribution in [0.2, 0.25) is 5.02 Å². The van der Waals surface area contributed by atoms with E-state index in [-0.39, 0.29) is 25.0 Å². The number of halogens is 1. The summed E-state index contributed by atoms with van der Waals surface area (Å²) in [5.41, 5.74) is 6.55. The highest BCUT2D eigenvalue weighted by atomic mass is 35.5. The molecule has 3 amide bonds. The van der Waals surface area contributed by atoms with Gasteiger partial charge in [0.2, 0.25) is 11.8 Å². The number of nitrogens with two attached hydrogens (primary N) is 1. The number of benzene rings is 2. The van der Waals surface area contributed by atoms with Gasteiger partial charge in [0.1, 0.15) is 5.92 Å². The summed E-state index contributed by atoms with van der Waals surface area (Å²) in [5.74, 6) is -1.11. The predicted molar refractivity (Wildman–Crippen MR) is 111 cm³/mol. The van der Waals surface area contributed by atoms with Crippen LogP contribution in [-0.2, 0) is 20.9 Å². The Bertz CT molecular complexity index is 948. The van der Waals surface area contributed by atoms with Gasteiger partial charge in [-0.3, -0.25) is 14.4 Å². The minimum Gasteiger partial charge on any atom is -0.493 e. The molecule has 158 valence electrons. The second kappa shape index (κ2) is 9.49. The fraction of sp³-hybridized carbons (Fsp3) is 0.286. The molecule has 2 aromatic carbocycles. The zero-order chi connectivity index (χ0) is 21.7. The molecule has 8 nitrogen and oxygen atoms in total. The van der Waals surface area contributed by atoms with E-state index in [1.165, 1.54) is 7.11 Å². The molecule has 0 aliphatic carbocycles. The van der Waals surface area contributed by atoms with Crippen LogP contribution >= 0.6 is 11.6 Å². The van der Waals surface area contributed by atoms with Crippen LogP contribution in [0.4, 0.5) is 5.69 Å². The summed E-state index contributed by atoms with van der Waals surface area (Å²) in [4.78, 5) is 37.7. The van der Waals surface area contributed by atoms with Gasteiger partial charge in [0.15, 0.2) is 18.1 Å². The average molecular weight is 432 g/mol. The van der Waals surface area contributed by atoms with Crippen LogP contribution in [0.5, 0.6) is 11.5 Å². The monoisotopic (exact) mass is 431 g/mol. The Labute approximate surface area is 178 Å². The number of nitrogens with one attached hydrogen (secondary N) is 1. The van der Waals surface area contributed by atoms with Crippen molar-refractivity contribution in [2.45, 2.75) is 13.0 Å². The zero-order valence-corrected chi connectivity index (χ0v) is 17.1. The maximum Gasteiger partial charge on any atom is 0.255 e. The van der Waals surface area contributed by atoms with E-state index in [9.17, 15) is 14.4 Å². The third-order valence-electron chi connectivity index (χ3n) is 4.73. The largest absolute Gasteiger partial charge is 0.493 e. The van der Waals surface area contributed by atoms with Crippen molar-refractivity contribution < 1.29 is 23.9 Å². The van der Waals surface area contributed by atoms with Gasteiger partial charge in [0.25, 0.3) is 5.91 Å². The van der Waals surface area contributed by atoms with Gasteiger partial charge in [-0.05, 0) is 48.4 Å². The maximum absolute atomic E-state index is 12.7. The Morgan fingerprint density at radius 3 is 2.60 bits per heavy atom. The highest BCUT2D eigenvalue weighted by Gasteiger charge is 2.37. The second-order valence-electron chi connectivity index (χ2n) is 6.77. The van der Waals surface area contributed by atoms with Gasteiger partial charge in [-0.15, -0.1) is 0 Å². The van der Waals surface area contributed by atoms with Crippen LogP contribution in [0.25, 0.3) is 0 Å². The third kappa shape index (κ3) is 5.01. The summed E-state index contributed by atoms with van der Waals surface area (Å²) < 4.78 is 10.5. The molecule has 2 aromatic rings. The lowest BCUT2D eigenvalue weighted by molar-refractivity contribution is -0.132. The van der Waals surface area contributed by atoms with Crippen LogP contribution in [0, 0.1) is 5.92 Å². The SMILES string of the molecule is COc1cc(CNC(=O)C2CCN(c3ccc(Cl)cc3)C2=O)ccc1OCC(N)=O. The number of ether oxygens (including phenoxy) is 2. The Kier molecular flexibility index (Phi) is 6.79. The minimum atomic E-state index is -0.735. The van der Waals surface area contributed by atoms with E-state index in [1.54, 1.807) is 47.4 Å². The number of methoxy groups -OCH3 is 1. The van der Waals surface area contributed by atoms with E-state index in [4.69, 9.17) is 26.8 Å². The van der Waals surface area contributed by atoms with E-state index >= 15 is 0 Å². The molecule has 0 radical (unpaired) electrons. The van der Waals surface area contributed by atoms with Crippen LogP contribution in [0.3, 0.4) is 0 Å². The highest BCUT2D eigenvalue weighted by molar-refractivity contribution is 6.30. The number of primary amides is 1. The van der Waals surface area contributed by atoms with Crippen molar-refractivity contribution in [1.82, 2.24) is 5.32 Å². The lowest BCUT2D eigenvalue weighted by atomic mass is 10.1. The summed E-state index contributed by atoms with van der Waals surface area (Å²) in [6.07, 6.45) is 0.441. The normalized spacial score (nSPS) is 15.7. The van der Waals surface area contributed by atoms with Crippen molar-refractivity contribution >= 4 is 35.0 Å². The third-order valence-corrected chi connectivity index (χ3v) is 4.98. The molecule has 1 unspecified atom stereocenters. The number of nitrogens with zero attached hydrogens (tertiary/aromatic N) is 1. The highest BCUT2D eigenvalue weighted by Crippen LogP contribution is 2.29. The van der Waals surface area contributed by atoms with Gasteiger partial charge in [-0.25, -0.2) is 0 Å². The van der Waals surface area contributed by atoms with Crippen molar-refractivity contribution in [2.75, 3.05) is 25.2 Å². The first-order valence-corrected chi connectivity index (χ1v) is 9.69. The first-order valence-electron chi connectivity index (χ1n) is 9.31. The number of carbonyl (C=O) groups is 3. The summed E-state index contributed by atoms with van der Waals surface area (Å²) in [6, 6.07) is 12.0. The molecule has 1 saturated heterocycles. The quantitative estimate of drug-likeness (QED) is 0.620. The molecule has 1 aliphatic rings. The van der Waals surface area contributed by atoms with E-state index < -0.39 is 11.8 Å². The number of carbonyl (C=O) groups excluding carboxylic acids is 3. The second-order valence-corrected chi connectivity index (χ2v) is 7.20. The first-order chi connectivity index (χ1) is 14.4. The van der Waals surface area contributed by atoms with Crippen molar-refractivity contribution in [2.24, 2.45) is 11.7 Å². The van der Waals surface area contributed by atoms with E-state index in [2.05, 4.69) is 5.32 Å². The Morgan fingerprint density at radius 2 is 1.93 bits per heavy atom. The van der Waals surface area contributed by atoms with Crippen molar-refractivity contribution in [3.63, 3.8) is 0 Å². The summed E-state index contributed by atoms with van der Waals surface area (Å²) in [5, 5.41) is 3.38. The van der Waals surface area contributed by atoms with Gasteiger partial charge in [-0.1, -0.05) is 17.7 Å². The van der Waals surface area contributed by atoms with Crippen LogP contribution < -0.4 is 25.4 Å². The van der Waals surface area contributed by atoms with Crippen molar-refractivity contribution in [1.29, 1.82) is 0 Å². The lowest BCUT2D eigenvalue weighted by Crippen LogP contribution is -2.36. The van der Waals surface area contributed by atoms with E-state index in [0.29, 0.717) is 29.5 Å². The average Bonchev–Trinajstić information content (AvgIpc) is 3.12. The minimum absolute atomic E-state index is 0.218. The molecule has 1 atom stereocenters. The molecule has 0 bridgehead atoms. The molecule has 3 N–H and O–H groups in total. The molecule has 3 rings (SSSR count). The number of rotatable bonds is 8. The summed E-state index contributed by atoms with van der Waals surface area (Å²) in [7, 11) is 1.47. The Morgan fingerprint density at radius 1 is 1.20 bits per heavy atom. The van der Waals surface area contributed by atoms with Crippen LogP contribution in [0.15, 0.2) is 42.5 Å². The molecule has 30 heavy (non-hydrogen) atoms. The molecular weight excluding hydrogens is 410 g/mol. The number of hydrogen-bond donors (Lipinski definition) is 2. The molecule has 0 saturated carbocycles. The first kappa shape index (κ1) is 21.4. The lowest BCUT2D eigenvalue weighted by Gasteiger charge is -2.17. The van der Waals surface area contributed by atoms with Crippen molar-refractivity contribution in [3.05, 3.63) is 53.1 Å². The fourth-order valence-corrected chi connectivity index (χ4v) is 3.33. The molecule has 0 aromatic heterocycles. The van der Waals surface area contributed by atoms with Crippen LogP contribution in [-0.4, -0.2) is 38.0 Å². The van der Waals surface area contributed by atoms with Gasteiger partial charge in [0, 0.05) is 23.8 Å². The van der Waals surface area contributed by atoms with Crippen molar-refractivity contribution in [3.8, 4) is 11.5 Å². The summed E-state index contributed by atoms with van der Waals surface area (Å²) in [6.45, 7) is 0.425. The van der Waals surface area contributed by atoms with Gasteiger partial charge >= 0.3 is 0 Å². The maximum atomic E-state index is 12.7. The number of hydrogen-bond acceptors (Lipinski definition) is 5. The van der Waals surface area contributed by atoms with E-state index in [0.717, 1.165) is 11.3 Å². The van der Waals surface area contributed by atoms with Gasteiger partial charge < -0.3 is 25.4 Å². The molecule has 1 heterocycles. The smallest absolute Gasteiger partial charge is 0.255 e. The topological polar surface area (TPSA) is 111 Å². The Hall–Kier alpha value is -3.26. The predicted octanol–water partition coefficient (Wildman–Crippen LogP) is 1.88. The van der Waals surface area contributed by atoms with Gasteiger partial charge in [0.05, 0.1) is 7.11 Å². The number of amides is 3. The van der Waals surface area contributed by atoms with Gasteiger partial charge in [-0.2, -0.15) is 0 Å². The molecule has 1 fully saturated rings. The fourth-order valence-electron chi connectivity index (χ4n) is 3.20. The Balaban J connectivity index is 1.59. The molecular formula is C21H22ClN3O5. The summed E-state index contributed by atoms with van der Waals surface area (Å²) >= 11 is 5.89. The number of anilines is 1. The molecule has 0 spiro atoms. The van der Waals surface area contributed by atoms with Crippen LogP contribution in [0.1, 0.15) is 12.0 Å². The zero-order valence-electron chi connectivity index (χ0n) is 16.4. The molecule has 1 aliphatic heterocycles.